The number of benzene rings is 1. The number of hydrogen-bond acceptors (Lipinski definition) is 6. The Morgan fingerprint density at radius 3 is 2.71 bits per heavy atom. The van der Waals surface area contributed by atoms with Crippen molar-refractivity contribution in [2.75, 3.05) is 30.4 Å². The molecule has 0 saturated heterocycles. The van der Waals surface area contributed by atoms with E-state index in [2.05, 4.69) is 20.4 Å². The van der Waals surface area contributed by atoms with Gasteiger partial charge in [-0.1, -0.05) is 0 Å². The third-order valence-corrected chi connectivity index (χ3v) is 5.51. The van der Waals surface area contributed by atoms with Crippen molar-refractivity contribution in [3.63, 3.8) is 0 Å². The summed E-state index contributed by atoms with van der Waals surface area (Å²) in [6, 6.07) is 11.2. The fourth-order valence-corrected chi connectivity index (χ4v) is 3.71. The van der Waals surface area contributed by atoms with Crippen LogP contribution in [0.15, 0.2) is 67.3 Å². The van der Waals surface area contributed by atoms with Crippen molar-refractivity contribution in [2.45, 2.75) is 6.18 Å². The van der Waals surface area contributed by atoms with E-state index in [1.807, 2.05) is 18.0 Å². The van der Waals surface area contributed by atoms with Gasteiger partial charge < -0.3 is 15.0 Å². The number of alkyl halides is 3. The van der Waals surface area contributed by atoms with Gasteiger partial charge in [0, 0.05) is 36.8 Å². The molecule has 0 saturated carbocycles. The Hall–Kier alpha value is -4.41. The van der Waals surface area contributed by atoms with Crippen LogP contribution in [0, 0.1) is 0 Å². The molecule has 1 amide bonds. The van der Waals surface area contributed by atoms with Crippen LogP contribution in [-0.2, 0) is 6.18 Å². The molecular weight excluding hydrogens is 461 g/mol. The quantitative estimate of drug-likeness (QED) is 0.465. The van der Waals surface area contributed by atoms with Crippen molar-refractivity contribution in [3.05, 3.63) is 78.4 Å². The second-order valence-electron chi connectivity index (χ2n) is 7.89. The Kier molecular flexibility index (Phi) is 5.59. The first-order valence-electron chi connectivity index (χ1n) is 10.6. The van der Waals surface area contributed by atoms with Gasteiger partial charge in [0.2, 0.25) is 0 Å². The molecule has 0 spiro atoms. The van der Waals surface area contributed by atoms with Crippen LogP contribution in [0.5, 0.6) is 5.75 Å². The molecule has 0 aliphatic carbocycles. The summed E-state index contributed by atoms with van der Waals surface area (Å²) in [7, 11) is 1.95. The van der Waals surface area contributed by atoms with Gasteiger partial charge in [-0.15, -0.1) is 0 Å². The Labute approximate surface area is 198 Å². The van der Waals surface area contributed by atoms with E-state index in [0.717, 1.165) is 23.1 Å². The number of hydrogen-bond donors (Lipinski definition) is 1. The van der Waals surface area contributed by atoms with Crippen molar-refractivity contribution in [1.82, 2.24) is 19.7 Å². The topological polar surface area (TPSA) is 85.2 Å². The van der Waals surface area contributed by atoms with E-state index >= 15 is 0 Å². The number of pyridine rings is 2. The zero-order valence-electron chi connectivity index (χ0n) is 18.5. The normalized spacial score (nSPS) is 13.2. The molecule has 0 radical (unpaired) electrons. The number of amides is 1. The number of anilines is 2. The SMILES string of the molecule is CN1CCOc2cc(C(=O)Nc3ccc(-n4cc(C(F)(F)F)c(-c5cccnc5)n4)nc3)ccc21. The van der Waals surface area contributed by atoms with E-state index in [0.29, 0.717) is 23.6 Å². The molecule has 1 aliphatic rings. The molecule has 0 atom stereocenters. The summed E-state index contributed by atoms with van der Waals surface area (Å²) in [6.45, 7) is 1.30. The molecule has 4 heterocycles. The van der Waals surface area contributed by atoms with E-state index in [4.69, 9.17) is 4.74 Å². The van der Waals surface area contributed by atoms with Gasteiger partial charge in [0.05, 0.1) is 24.1 Å². The highest BCUT2D eigenvalue weighted by Gasteiger charge is 2.36. The van der Waals surface area contributed by atoms with Crippen LogP contribution in [0.25, 0.3) is 17.1 Å². The van der Waals surface area contributed by atoms with E-state index in [1.54, 1.807) is 18.2 Å². The molecule has 1 N–H and O–H groups in total. The van der Waals surface area contributed by atoms with Gasteiger partial charge in [-0.2, -0.15) is 18.3 Å². The summed E-state index contributed by atoms with van der Waals surface area (Å²) in [5.74, 6) is 0.425. The Morgan fingerprint density at radius 1 is 1.14 bits per heavy atom. The van der Waals surface area contributed by atoms with Gasteiger partial charge >= 0.3 is 6.18 Å². The zero-order chi connectivity index (χ0) is 24.6. The summed E-state index contributed by atoms with van der Waals surface area (Å²) in [5, 5.41) is 6.82. The minimum atomic E-state index is -4.61. The number of likely N-dealkylation sites (N-methyl/N-ethyl adjacent to an activating group) is 1. The highest BCUT2D eigenvalue weighted by Crippen LogP contribution is 2.36. The molecule has 1 aromatic carbocycles. The molecular formula is C24H19F3N6O2. The van der Waals surface area contributed by atoms with Crippen molar-refractivity contribution >= 4 is 17.3 Å². The van der Waals surface area contributed by atoms with E-state index < -0.39 is 11.7 Å². The number of aromatic nitrogens is 4. The maximum atomic E-state index is 13.6. The summed E-state index contributed by atoms with van der Waals surface area (Å²) >= 11 is 0. The second-order valence-corrected chi connectivity index (χ2v) is 7.89. The highest BCUT2D eigenvalue weighted by atomic mass is 19.4. The largest absolute Gasteiger partial charge is 0.490 e. The van der Waals surface area contributed by atoms with Gasteiger partial charge in [-0.05, 0) is 42.5 Å². The Bertz CT molecular complexity index is 1370. The third-order valence-electron chi connectivity index (χ3n) is 5.51. The fourth-order valence-electron chi connectivity index (χ4n) is 3.71. The van der Waals surface area contributed by atoms with Crippen LogP contribution in [0.1, 0.15) is 15.9 Å². The standard InChI is InChI=1S/C24H19F3N6O2/c1-32-9-10-35-20-11-15(4-6-19(20)32)23(34)30-17-5-7-21(29-13-17)33-14-18(24(25,26)27)22(31-33)16-3-2-8-28-12-16/h2-8,11-14H,9-10H2,1H3,(H,30,34). The lowest BCUT2D eigenvalue weighted by molar-refractivity contribution is -0.137. The number of nitrogens with zero attached hydrogens (tertiary/aromatic N) is 5. The van der Waals surface area contributed by atoms with Crippen LogP contribution in [0.3, 0.4) is 0 Å². The van der Waals surface area contributed by atoms with Crippen molar-refractivity contribution in [3.8, 4) is 22.8 Å². The number of nitrogens with one attached hydrogen (secondary N) is 1. The third kappa shape index (κ3) is 4.52. The number of ether oxygens (including phenoxy) is 1. The van der Waals surface area contributed by atoms with E-state index in [-0.39, 0.29) is 23.0 Å². The average molecular weight is 480 g/mol. The Morgan fingerprint density at radius 2 is 2.00 bits per heavy atom. The smallest absolute Gasteiger partial charge is 0.420 e. The first kappa shape index (κ1) is 22.4. The number of rotatable bonds is 4. The lowest BCUT2D eigenvalue weighted by Gasteiger charge is -2.27. The summed E-state index contributed by atoms with van der Waals surface area (Å²) in [4.78, 5) is 22.8. The van der Waals surface area contributed by atoms with Crippen LogP contribution in [0.4, 0.5) is 24.5 Å². The van der Waals surface area contributed by atoms with Crippen molar-refractivity contribution in [1.29, 1.82) is 0 Å². The molecule has 35 heavy (non-hydrogen) atoms. The van der Waals surface area contributed by atoms with Gasteiger partial charge in [0.25, 0.3) is 5.91 Å². The van der Waals surface area contributed by atoms with Gasteiger partial charge in [0.1, 0.15) is 23.6 Å². The average Bonchev–Trinajstić information content (AvgIpc) is 3.31. The molecule has 4 aromatic rings. The number of carbonyl (C=O) groups excluding carboxylic acids is 1. The molecule has 0 fully saturated rings. The second kappa shape index (κ2) is 8.75. The van der Waals surface area contributed by atoms with Gasteiger partial charge in [-0.25, -0.2) is 9.67 Å². The molecule has 0 unspecified atom stereocenters. The van der Waals surface area contributed by atoms with Gasteiger partial charge in [-0.3, -0.25) is 9.78 Å². The Balaban J connectivity index is 1.37. The molecule has 8 nitrogen and oxygen atoms in total. The predicted molar refractivity (Wildman–Crippen MR) is 123 cm³/mol. The number of carbonyl (C=O) groups is 1. The maximum Gasteiger partial charge on any atom is 0.420 e. The fraction of sp³-hybridized carbons (Fsp3) is 0.167. The van der Waals surface area contributed by atoms with E-state index in [9.17, 15) is 18.0 Å². The van der Waals surface area contributed by atoms with Crippen LogP contribution >= 0.6 is 0 Å². The monoisotopic (exact) mass is 480 g/mol. The molecule has 178 valence electrons. The zero-order valence-corrected chi connectivity index (χ0v) is 18.5. The molecule has 11 heteroatoms. The highest BCUT2D eigenvalue weighted by molar-refractivity contribution is 6.04. The predicted octanol–water partition coefficient (Wildman–Crippen LogP) is 4.43. The first-order valence-corrected chi connectivity index (χ1v) is 10.6. The van der Waals surface area contributed by atoms with Crippen LogP contribution in [0.2, 0.25) is 0 Å². The van der Waals surface area contributed by atoms with Crippen molar-refractivity contribution in [2.24, 2.45) is 0 Å². The lowest BCUT2D eigenvalue weighted by atomic mass is 10.1. The maximum absolute atomic E-state index is 13.6. The number of halogens is 3. The van der Waals surface area contributed by atoms with Crippen molar-refractivity contribution < 1.29 is 22.7 Å². The summed E-state index contributed by atoms with van der Waals surface area (Å²) in [6.07, 6.45) is 0.419. The lowest BCUT2D eigenvalue weighted by Crippen LogP contribution is -2.29. The molecule has 1 aliphatic heterocycles. The number of fused-ring (bicyclic) bond motifs is 1. The van der Waals surface area contributed by atoms with E-state index in [1.165, 1.54) is 36.8 Å². The molecule has 0 bridgehead atoms. The first-order chi connectivity index (χ1) is 16.8. The minimum Gasteiger partial charge on any atom is -0.490 e. The minimum absolute atomic E-state index is 0.161. The summed E-state index contributed by atoms with van der Waals surface area (Å²) in [5.41, 5.74) is 0.788. The van der Waals surface area contributed by atoms with Gasteiger partial charge in [0.15, 0.2) is 5.82 Å². The molecule has 3 aromatic heterocycles. The summed E-state index contributed by atoms with van der Waals surface area (Å²) < 4.78 is 47.5. The van der Waals surface area contributed by atoms with Crippen LogP contribution in [-0.4, -0.2) is 45.9 Å². The molecule has 5 rings (SSSR count). The van der Waals surface area contributed by atoms with Crippen LogP contribution < -0.4 is 15.0 Å².